The number of pyridine rings is 1. The molecule has 3 nitrogen and oxygen atoms in total. The van der Waals surface area contributed by atoms with Gasteiger partial charge in [0, 0.05) is 45.4 Å². The molecule has 3 heterocycles. The van der Waals surface area contributed by atoms with E-state index in [1.54, 1.807) is 0 Å². The fourth-order valence-electron chi connectivity index (χ4n) is 7.00. The molecule has 1 aromatic heterocycles. The number of aromatic nitrogens is 1. The number of nitrogens with zero attached hydrogens (tertiary/aromatic N) is 3. The summed E-state index contributed by atoms with van der Waals surface area (Å²) in [5.41, 5.74) is 12.1. The molecule has 0 saturated heterocycles. The van der Waals surface area contributed by atoms with Gasteiger partial charge in [0.25, 0.3) is 6.71 Å². The van der Waals surface area contributed by atoms with Crippen LogP contribution in [0.25, 0.3) is 21.7 Å². The van der Waals surface area contributed by atoms with E-state index in [0.29, 0.717) is 0 Å². The van der Waals surface area contributed by atoms with Crippen LogP contribution in [0, 0.1) is 0 Å². The lowest BCUT2D eigenvalue weighted by atomic mass is 9.33. The maximum absolute atomic E-state index is 4.98. The van der Waals surface area contributed by atoms with Crippen LogP contribution in [-0.4, -0.2) is 11.7 Å². The minimum Gasteiger partial charge on any atom is -0.311 e. The number of fused-ring (bicyclic) bond motifs is 8. The Bertz CT molecular complexity index is 2110. The molecule has 0 saturated carbocycles. The average Bonchev–Trinajstić information content (AvgIpc) is 3.05. The van der Waals surface area contributed by atoms with Crippen LogP contribution >= 0.6 is 0 Å². The highest BCUT2D eigenvalue weighted by Crippen LogP contribution is 2.47. The third-order valence-electron chi connectivity index (χ3n) is 8.64. The van der Waals surface area contributed by atoms with Gasteiger partial charge in [-0.15, -0.1) is 0 Å². The normalized spacial score (nSPS) is 13.2. The number of hydrogen-bond acceptors (Lipinski definition) is 3. The molecular formula is C37H24BN3. The monoisotopic (exact) mass is 521 g/mol. The van der Waals surface area contributed by atoms with E-state index in [2.05, 4.69) is 156 Å². The summed E-state index contributed by atoms with van der Waals surface area (Å²) in [6.45, 7) is 0.100. The van der Waals surface area contributed by atoms with Crippen LogP contribution in [-0.2, 0) is 0 Å². The molecule has 0 atom stereocenters. The predicted molar refractivity (Wildman–Crippen MR) is 173 cm³/mol. The summed E-state index contributed by atoms with van der Waals surface area (Å²) in [4.78, 5) is 9.89. The Hall–Kier alpha value is -5.35. The molecule has 0 fully saturated rings. The molecule has 0 radical (unpaired) electrons. The number of hydrogen-bond donors (Lipinski definition) is 0. The fraction of sp³-hybridized carbons (Fsp3) is 0. The quantitative estimate of drug-likeness (QED) is 0.174. The zero-order chi connectivity index (χ0) is 26.9. The summed E-state index contributed by atoms with van der Waals surface area (Å²) in [5.74, 6) is 0. The lowest BCUT2D eigenvalue weighted by Crippen LogP contribution is -2.61. The SMILES string of the molecule is c1ccc(N2c3ccccc3B3c4ccccc4N(c4ccccc4)c4c3c2cc2c4cnc3ccccc32)cc1. The Kier molecular flexibility index (Phi) is 4.70. The number of benzene rings is 6. The maximum atomic E-state index is 4.98. The van der Waals surface area contributed by atoms with Crippen molar-refractivity contribution in [1.82, 2.24) is 4.98 Å². The molecule has 0 N–H and O–H groups in total. The first-order valence-electron chi connectivity index (χ1n) is 14.1. The first-order valence-corrected chi connectivity index (χ1v) is 14.1. The summed E-state index contributed by atoms with van der Waals surface area (Å²) >= 11 is 0. The van der Waals surface area contributed by atoms with Crippen LogP contribution in [0.4, 0.5) is 34.1 Å². The molecule has 6 aromatic carbocycles. The maximum Gasteiger partial charge on any atom is 0.252 e. The summed E-state index contributed by atoms with van der Waals surface area (Å²) < 4.78 is 0. The van der Waals surface area contributed by atoms with Crippen molar-refractivity contribution < 1.29 is 0 Å². The van der Waals surface area contributed by atoms with Gasteiger partial charge >= 0.3 is 0 Å². The molecule has 0 unspecified atom stereocenters. The van der Waals surface area contributed by atoms with E-state index in [-0.39, 0.29) is 6.71 Å². The van der Waals surface area contributed by atoms with E-state index >= 15 is 0 Å². The first kappa shape index (κ1) is 22.5. The summed E-state index contributed by atoms with van der Waals surface area (Å²) in [5, 5.41) is 3.54. The number of rotatable bonds is 2. The van der Waals surface area contributed by atoms with E-state index in [1.165, 1.54) is 49.9 Å². The highest BCUT2D eigenvalue weighted by Gasteiger charge is 2.43. The van der Waals surface area contributed by atoms with Crippen molar-refractivity contribution >= 4 is 78.9 Å². The Morgan fingerprint density at radius 2 is 1.02 bits per heavy atom. The smallest absolute Gasteiger partial charge is 0.252 e. The van der Waals surface area contributed by atoms with E-state index in [0.717, 1.165) is 22.3 Å². The Morgan fingerprint density at radius 3 is 1.73 bits per heavy atom. The Morgan fingerprint density at radius 1 is 0.463 bits per heavy atom. The molecule has 190 valence electrons. The van der Waals surface area contributed by atoms with E-state index in [9.17, 15) is 0 Å². The third-order valence-corrected chi connectivity index (χ3v) is 8.64. The van der Waals surface area contributed by atoms with Gasteiger partial charge in [0.05, 0.1) is 11.2 Å². The van der Waals surface area contributed by atoms with Crippen molar-refractivity contribution in [3.8, 4) is 0 Å². The van der Waals surface area contributed by atoms with Crippen LogP contribution in [0.3, 0.4) is 0 Å². The van der Waals surface area contributed by atoms with E-state index in [1.807, 2.05) is 0 Å². The van der Waals surface area contributed by atoms with Gasteiger partial charge in [-0.3, -0.25) is 4.98 Å². The lowest BCUT2D eigenvalue weighted by Gasteiger charge is -2.44. The second kappa shape index (κ2) is 8.58. The summed E-state index contributed by atoms with van der Waals surface area (Å²) in [6, 6.07) is 50.2. The molecule has 4 heteroatoms. The third kappa shape index (κ3) is 3.13. The van der Waals surface area contributed by atoms with Gasteiger partial charge in [-0.2, -0.15) is 0 Å². The van der Waals surface area contributed by atoms with Gasteiger partial charge in [0.1, 0.15) is 0 Å². The number of anilines is 6. The molecule has 0 spiro atoms. The minimum atomic E-state index is 0.100. The van der Waals surface area contributed by atoms with Crippen molar-refractivity contribution in [3.05, 3.63) is 146 Å². The van der Waals surface area contributed by atoms with Gasteiger partial charge in [-0.05, 0) is 70.3 Å². The van der Waals surface area contributed by atoms with Crippen LogP contribution in [0.5, 0.6) is 0 Å². The van der Waals surface area contributed by atoms with Gasteiger partial charge in [0.15, 0.2) is 0 Å². The summed E-state index contributed by atoms with van der Waals surface area (Å²) in [6.07, 6.45) is 2.08. The van der Waals surface area contributed by atoms with Gasteiger partial charge in [0.2, 0.25) is 0 Å². The zero-order valence-corrected chi connectivity index (χ0v) is 22.3. The average molecular weight is 521 g/mol. The van der Waals surface area contributed by atoms with Crippen LogP contribution in [0.1, 0.15) is 0 Å². The molecule has 2 aliphatic heterocycles. The Balaban J connectivity index is 1.51. The lowest BCUT2D eigenvalue weighted by molar-refractivity contribution is 1.26. The van der Waals surface area contributed by atoms with Crippen LogP contribution < -0.4 is 26.2 Å². The van der Waals surface area contributed by atoms with Crippen LogP contribution in [0.15, 0.2) is 146 Å². The second-order valence-corrected chi connectivity index (χ2v) is 10.8. The Labute approximate surface area is 239 Å². The van der Waals surface area contributed by atoms with Crippen LogP contribution in [0.2, 0.25) is 0 Å². The van der Waals surface area contributed by atoms with Gasteiger partial charge in [-0.1, -0.05) is 91.0 Å². The molecule has 0 amide bonds. The molecule has 2 aliphatic rings. The molecule has 0 aliphatic carbocycles. The zero-order valence-electron chi connectivity index (χ0n) is 22.3. The van der Waals surface area contributed by atoms with Crippen molar-refractivity contribution in [2.24, 2.45) is 0 Å². The molecule has 9 rings (SSSR count). The standard InChI is InChI=1S/C37H24BN3/c1-3-13-25(14-4-1)40-33-21-11-8-18-30(33)38-31-19-9-12-22-34(31)41(26-15-5-2-6-16-26)37-29-24-39-32-20-10-7-17-27(32)28(29)23-35(40)36(37)38/h1-24H. The van der Waals surface area contributed by atoms with Crippen molar-refractivity contribution in [2.45, 2.75) is 0 Å². The topological polar surface area (TPSA) is 19.4 Å². The molecule has 0 bridgehead atoms. The van der Waals surface area contributed by atoms with E-state index < -0.39 is 0 Å². The fourth-order valence-corrected chi connectivity index (χ4v) is 7.00. The highest BCUT2D eigenvalue weighted by atomic mass is 15.2. The number of para-hydroxylation sites is 5. The van der Waals surface area contributed by atoms with Crippen molar-refractivity contribution in [1.29, 1.82) is 0 Å². The first-order chi connectivity index (χ1) is 20.4. The minimum absolute atomic E-state index is 0.100. The van der Waals surface area contributed by atoms with Gasteiger partial charge < -0.3 is 9.80 Å². The summed E-state index contributed by atoms with van der Waals surface area (Å²) in [7, 11) is 0. The highest BCUT2D eigenvalue weighted by molar-refractivity contribution is 7.00. The second-order valence-electron chi connectivity index (χ2n) is 10.8. The van der Waals surface area contributed by atoms with E-state index in [4.69, 9.17) is 4.98 Å². The van der Waals surface area contributed by atoms with Crippen molar-refractivity contribution in [3.63, 3.8) is 0 Å². The molecule has 41 heavy (non-hydrogen) atoms. The predicted octanol–water partition coefficient (Wildman–Crippen LogP) is 7.47. The molecule has 7 aromatic rings. The van der Waals surface area contributed by atoms with Crippen molar-refractivity contribution in [2.75, 3.05) is 9.80 Å². The van der Waals surface area contributed by atoms with Gasteiger partial charge in [-0.25, -0.2) is 0 Å². The molecular weight excluding hydrogens is 497 g/mol. The largest absolute Gasteiger partial charge is 0.311 e.